The number of carbonyl (C=O) groups excluding carboxylic acids is 1. The molecule has 102 valence electrons. The molecule has 3 rings (SSSR count). The van der Waals surface area contributed by atoms with Crippen molar-refractivity contribution in [1.29, 1.82) is 0 Å². The first-order chi connectivity index (χ1) is 9.74. The van der Waals surface area contributed by atoms with Gasteiger partial charge in [0.1, 0.15) is 5.82 Å². The first-order valence-electron chi connectivity index (χ1n) is 6.84. The molecule has 0 spiro atoms. The van der Waals surface area contributed by atoms with Crippen LogP contribution < -0.4 is 11.1 Å². The van der Waals surface area contributed by atoms with Gasteiger partial charge in [-0.1, -0.05) is 24.3 Å². The third-order valence-electron chi connectivity index (χ3n) is 3.72. The number of carbonyl (C=O) groups is 1. The molecule has 1 unspecified atom stereocenters. The first-order valence-corrected chi connectivity index (χ1v) is 6.84. The molecule has 20 heavy (non-hydrogen) atoms. The van der Waals surface area contributed by atoms with E-state index < -0.39 is 0 Å². The maximum Gasteiger partial charge on any atom is 0.253 e. The average Bonchev–Trinajstić information content (AvgIpc) is 2.48. The van der Waals surface area contributed by atoms with Gasteiger partial charge in [0.15, 0.2) is 0 Å². The predicted octanol–water partition coefficient (Wildman–Crippen LogP) is 2.47. The Morgan fingerprint density at radius 2 is 2.10 bits per heavy atom. The molecule has 3 N–H and O–H groups in total. The van der Waals surface area contributed by atoms with Crippen LogP contribution in [0.2, 0.25) is 0 Å². The minimum atomic E-state index is -0.0980. The summed E-state index contributed by atoms with van der Waals surface area (Å²) < 4.78 is 0. The Bertz CT molecular complexity index is 622. The molecule has 1 aromatic carbocycles. The second kappa shape index (κ2) is 5.33. The van der Waals surface area contributed by atoms with Crippen LogP contribution in [0.1, 0.15) is 40.4 Å². The zero-order valence-corrected chi connectivity index (χ0v) is 11.2. The van der Waals surface area contributed by atoms with Crippen LogP contribution in [-0.2, 0) is 6.42 Å². The molecule has 0 radical (unpaired) electrons. The molecule has 0 aliphatic heterocycles. The third kappa shape index (κ3) is 2.50. The van der Waals surface area contributed by atoms with Gasteiger partial charge in [0, 0.05) is 6.20 Å². The smallest absolute Gasteiger partial charge is 0.253 e. The van der Waals surface area contributed by atoms with Gasteiger partial charge < -0.3 is 11.1 Å². The molecule has 0 saturated carbocycles. The molecule has 0 saturated heterocycles. The maximum atomic E-state index is 12.2. The lowest BCUT2D eigenvalue weighted by Crippen LogP contribution is -2.31. The number of aryl methyl sites for hydroxylation is 1. The Morgan fingerprint density at radius 3 is 2.90 bits per heavy atom. The summed E-state index contributed by atoms with van der Waals surface area (Å²) >= 11 is 0. The highest BCUT2D eigenvalue weighted by molar-refractivity contribution is 5.94. The minimum absolute atomic E-state index is 0.0880. The van der Waals surface area contributed by atoms with E-state index in [4.69, 9.17) is 5.73 Å². The number of nitrogens with two attached hydrogens (primary N) is 1. The Hall–Kier alpha value is -2.36. The number of rotatable bonds is 2. The predicted molar refractivity (Wildman–Crippen MR) is 78.2 cm³/mol. The number of aromatic nitrogens is 1. The molecule has 4 nitrogen and oxygen atoms in total. The van der Waals surface area contributed by atoms with Crippen molar-refractivity contribution in [2.75, 3.05) is 5.73 Å². The molecular formula is C16H17N3O. The van der Waals surface area contributed by atoms with E-state index in [1.54, 1.807) is 12.1 Å². The summed E-state index contributed by atoms with van der Waals surface area (Å²) in [7, 11) is 0. The highest BCUT2D eigenvalue weighted by atomic mass is 16.1. The fourth-order valence-electron chi connectivity index (χ4n) is 2.69. The van der Waals surface area contributed by atoms with Crippen molar-refractivity contribution in [3.63, 3.8) is 0 Å². The summed E-state index contributed by atoms with van der Waals surface area (Å²) in [5.74, 6) is 0.323. The van der Waals surface area contributed by atoms with Crippen molar-refractivity contribution in [1.82, 2.24) is 10.3 Å². The number of pyridine rings is 1. The molecule has 1 aliphatic rings. The van der Waals surface area contributed by atoms with Crippen LogP contribution in [0.4, 0.5) is 5.82 Å². The summed E-state index contributed by atoms with van der Waals surface area (Å²) in [6.07, 6.45) is 4.68. The molecule has 2 aromatic rings. The lowest BCUT2D eigenvalue weighted by Gasteiger charge is -2.26. The van der Waals surface area contributed by atoms with Gasteiger partial charge in [-0.05, 0) is 42.5 Å². The molecule has 0 fully saturated rings. The van der Waals surface area contributed by atoms with Crippen molar-refractivity contribution < 1.29 is 4.79 Å². The first kappa shape index (κ1) is 12.7. The van der Waals surface area contributed by atoms with Gasteiger partial charge in [-0.25, -0.2) is 4.98 Å². The Kier molecular flexibility index (Phi) is 3.37. The van der Waals surface area contributed by atoms with E-state index in [1.165, 1.54) is 17.3 Å². The van der Waals surface area contributed by atoms with Gasteiger partial charge in [-0.2, -0.15) is 0 Å². The summed E-state index contributed by atoms with van der Waals surface area (Å²) in [6, 6.07) is 11.7. The number of anilines is 1. The standard InChI is InChI=1S/C16H17N3O/c17-15-9-8-12(10-18-15)16(20)19-14-7-3-5-11-4-1-2-6-13(11)14/h1-2,4,6,8-10,14H,3,5,7H2,(H2,17,18)(H,19,20). The van der Waals surface area contributed by atoms with Crippen molar-refractivity contribution in [2.24, 2.45) is 0 Å². The molecule has 1 heterocycles. The number of hydrogen-bond acceptors (Lipinski definition) is 3. The van der Waals surface area contributed by atoms with E-state index >= 15 is 0 Å². The van der Waals surface area contributed by atoms with Crippen molar-refractivity contribution >= 4 is 11.7 Å². The summed E-state index contributed by atoms with van der Waals surface area (Å²) in [5.41, 5.74) is 8.64. The molecular weight excluding hydrogens is 250 g/mol. The van der Waals surface area contributed by atoms with Crippen molar-refractivity contribution in [3.8, 4) is 0 Å². The van der Waals surface area contributed by atoms with Gasteiger partial charge in [0.2, 0.25) is 0 Å². The number of amides is 1. The van der Waals surface area contributed by atoms with Gasteiger partial charge in [-0.3, -0.25) is 4.79 Å². The molecule has 1 atom stereocenters. The van der Waals surface area contributed by atoms with Crippen LogP contribution in [0.3, 0.4) is 0 Å². The summed E-state index contributed by atoms with van der Waals surface area (Å²) in [4.78, 5) is 16.2. The second-order valence-electron chi connectivity index (χ2n) is 5.09. The monoisotopic (exact) mass is 267 g/mol. The van der Waals surface area contributed by atoms with Crippen molar-refractivity contribution in [2.45, 2.75) is 25.3 Å². The SMILES string of the molecule is Nc1ccc(C(=O)NC2CCCc3ccccc32)cn1. The Balaban J connectivity index is 1.79. The number of benzene rings is 1. The Morgan fingerprint density at radius 1 is 1.25 bits per heavy atom. The highest BCUT2D eigenvalue weighted by Crippen LogP contribution is 2.29. The molecule has 1 aliphatic carbocycles. The van der Waals surface area contributed by atoms with Gasteiger partial charge >= 0.3 is 0 Å². The molecule has 4 heteroatoms. The Labute approximate surface area is 118 Å². The molecule has 0 bridgehead atoms. The maximum absolute atomic E-state index is 12.2. The number of nitrogen functional groups attached to an aromatic ring is 1. The van der Waals surface area contributed by atoms with E-state index in [1.807, 2.05) is 12.1 Å². The zero-order chi connectivity index (χ0) is 13.9. The highest BCUT2D eigenvalue weighted by Gasteiger charge is 2.21. The second-order valence-corrected chi connectivity index (χ2v) is 5.09. The lowest BCUT2D eigenvalue weighted by atomic mass is 9.87. The molecule has 1 aromatic heterocycles. The fraction of sp³-hybridized carbons (Fsp3) is 0.250. The van der Waals surface area contributed by atoms with Gasteiger partial charge in [0.05, 0.1) is 11.6 Å². The molecule has 1 amide bonds. The van der Waals surface area contributed by atoms with Crippen LogP contribution in [0.25, 0.3) is 0 Å². The van der Waals surface area contributed by atoms with Gasteiger partial charge in [0.25, 0.3) is 5.91 Å². The lowest BCUT2D eigenvalue weighted by molar-refractivity contribution is 0.0932. The minimum Gasteiger partial charge on any atom is -0.384 e. The van der Waals surface area contributed by atoms with E-state index in [-0.39, 0.29) is 11.9 Å². The van der Waals surface area contributed by atoms with Crippen LogP contribution in [0.15, 0.2) is 42.6 Å². The zero-order valence-electron chi connectivity index (χ0n) is 11.2. The van der Waals surface area contributed by atoms with Gasteiger partial charge in [-0.15, -0.1) is 0 Å². The quantitative estimate of drug-likeness (QED) is 0.878. The summed E-state index contributed by atoms with van der Waals surface area (Å²) in [5, 5.41) is 3.09. The van der Waals surface area contributed by atoms with E-state index in [0.717, 1.165) is 19.3 Å². The topological polar surface area (TPSA) is 68.0 Å². The van der Waals surface area contributed by atoms with Crippen LogP contribution in [0.5, 0.6) is 0 Å². The van der Waals surface area contributed by atoms with Crippen LogP contribution >= 0.6 is 0 Å². The number of fused-ring (bicyclic) bond motifs is 1. The average molecular weight is 267 g/mol. The normalized spacial score (nSPS) is 17.3. The van der Waals surface area contributed by atoms with Crippen LogP contribution in [-0.4, -0.2) is 10.9 Å². The summed E-state index contributed by atoms with van der Waals surface area (Å²) in [6.45, 7) is 0. The number of nitrogens with one attached hydrogen (secondary N) is 1. The van der Waals surface area contributed by atoms with E-state index in [9.17, 15) is 4.79 Å². The fourth-order valence-corrected chi connectivity index (χ4v) is 2.69. The van der Waals surface area contributed by atoms with E-state index in [2.05, 4.69) is 22.4 Å². The van der Waals surface area contributed by atoms with E-state index in [0.29, 0.717) is 11.4 Å². The van der Waals surface area contributed by atoms with Crippen LogP contribution in [0, 0.1) is 0 Å². The number of hydrogen-bond donors (Lipinski definition) is 2. The largest absolute Gasteiger partial charge is 0.384 e. The number of nitrogens with zero attached hydrogens (tertiary/aromatic N) is 1. The van der Waals surface area contributed by atoms with Crippen molar-refractivity contribution in [3.05, 3.63) is 59.3 Å². The third-order valence-corrected chi connectivity index (χ3v) is 3.72.